The Hall–Kier alpha value is -1.54. The molecule has 0 atom stereocenters. The average Bonchev–Trinajstić information content (AvgIpc) is 2.47. The zero-order chi connectivity index (χ0) is 12.3. The fraction of sp³-hybridized carbons (Fsp3) is 0.133. The largest absolute Gasteiger partial charge is 0.289 e. The van der Waals surface area contributed by atoms with Crippen LogP contribution < -0.4 is 0 Å². The summed E-state index contributed by atoms with van der Waals surface area (Å²) >= 11 is 1.72. The second kappa shape index (κ2) is 5.19. The number of benzene rings is 1. The van der Waals surface area contributed by atoms with Crippen molar-refractivity contribution in [2.45, 2.75) is 11.8 Å². The van der Waals surface area contributed by atoms with E-state index in [0.717, 1.165) is 27.4 Å². The minimum absolute atomic E-state index is 0.112. The fourth-order valence-corrected chi connectivity index (χ4v) is 2.78. The molecule has 1 heterocycles. The molecule has 0 bridgehead atoms. The van der Waals surface area contributed by atoms with Gasteiger partial charge in [0.2, 0.25) is 0 Å². The molecule has 1 aromatic rings. The Balaban J connectivity index is 2.50. The number of fused-ring (bicyclic) bond motifs is 1. The summed E-state index contributed by atoms with van der Waals surface area (Å²) in [6, 6.07) is 7.78. The van der Waals surface area contributed by atoms with Gasteiger partial charge >= 0.3 is 0 Å². The highest BCUT2D eigenvalue weighted by Crippen LogP contribution is 2.31. The molecule has 1 aliphatic rings. The lowest BCUT2D eigenvalue weighted by Gasteiger charge is -2.03. The lowest BCUT2D eigenvalue weighted by molar-refractivity contribution is 0.103. The molecule has 2 heteroatoms. The highest BCUT2D eigenvalue weighted by atomic mass is 32.2. The minimum Gasteiger partial charge on any atom is -0.289 e. The van der Waals surface area contributed by atoms with Crippen molar-refractivity contribution >= 4 is 17.5 Å². The van der Waals surface area contributed by atoms with E-state index in [2.05, 4.69) is 6.58 Å². The monoisotopic (exact) mass is 242 g/mol. The van der Waals surface area contributed by atoms with Crippen LogP contribution in [0.1, 0.15) is 17.3 Å². The third-order valence-corrected chi connectivity index (χ3v) is 3.92. The first-order chi connectivity index (χ1) is 8.24. The number of hydrogen-bond donors (Lipinski definition) is 0. The molecule has 0 N–H and O–H groups in total. The Morgan fingerprint density at radius 3 is 2.88 bits per heavy atom. The third-order valence-electron chi connectivity index (χ3n) is 2.68. The number of thioether (sulfide) groups is 1. The molecule has 1 nitrogen and oxygen atoms in total. The fourth-order valence-electron chi connectivity index (χ4n) is 1.76. The van der Waals surface area contributed by atoms with Crippen molar-refractivity contribution in [3.63, 3.8) is 0 Å². The van der Waals surface area contributed by atoms with E-state index in [4.69, 9.17) is 0 Å². The molecule has 0 saturated carbocycles. The Bertz CT molecular complexity index is 523. The smallest absolute Gasteiger partial charge is 0.194 e. The summed E-state index contributed by atoms with van der Waals surface area (Å²) < 4.78 is 0. The summed E-state index contributed by atoms with van der Waals surface area (Å²) in [5, 5.41) is 0. The van der Waals surface area contributed by atoms with Crippen molar-refractivity contribution in [2.75, 3.05) is 5.75 Å². The SMILES string of the molecule is C=C/C=C\C1=C(C)CSc2ccccc2C1=O. The van der Waals surface area contributed by atoms with Gasteiger partial charge in [-0.1, -0.05) is 42.5 Å². The first kappa shape index (κ1) is 11.9. The molecule has 17 heavy (non-hydrogen) atoms. The van der Waals surface area contributed by atoms with Crippen molar-refractivity contribution < 1.29 is 4.79 Å². The van der Waals surface area contributed by atoms with E-state index < -0.39 is 0 Å². The highest BCUT2D eigenvalue weighted by molar-refractivity contribution is 7.99. The predicted octanol–water partition coefficient (Wildman–Crippen LogP) is 4.03. The second-order valence-electron chi connectivity index (χ2n) is 3.90. The van der Waals surface area contributed by atoms with Crippen LogP contribution in [0.4, 0.5) is 0 Å². The van der Waals surface area contributed by atoms with E-state index in [1.165, 1.54) is 0 Å². The van der Waals surface area contributed by atoms with E-state index in [9.17, 15) is 4.79 Å². The molecule has 0 aliphatic carbocycles. The molecule has 0 radical (unpaired) electrons. The summed E-state index contributed by atoms with van der Waals surface area (Å²) in [4.78, 5) is 13.5. The van der Waals surface area contributed by atoms with E-state index in [1.807, 2.05) is 43.3 Å². The van der Waals surface area contributed by atoms with Gasteiger partial charge in [-0.2, -0.15) is 0 Å². The number of Topliss-reactive ketones (excluding diaryl/α,β-unsaturated/α-hetero) is 1. The third kappa shape index (κ3) is 2.42. The first-order valence-electron chi connectivity index (χ1n) is 5.49. The Kier molecular flexibility index (Phi) is 3.64. The van der Waals surface area contributed by atoms with Crippen molar-refractivity contribution in [3.8, 4) is 0 Å². The minimum atomic E-state index is 0.112. The number of allylic oxidation sites excluding steroid dienone is 4. The van der Waals surface area contributed by atoms with Gasteiger partial charge in [-0.05, 0) is 19.1 Å². The maximum Gasteiger partial charge on any atom is 0.194 e. The van der Waals surface area contributed by atoms with Crippen LogP contribution in [0.5, 0.6) is 0 Å². The van der Waals surface area contributed by atoms with Gasteiger partial charge < -0.3 is 0 Å². The zero-order valence-electron chi connectivity index (χ0n) is 9.77. The number of ketones is 1. The van der Waals surface area contributed by atoms with Crippen molar-refractivity contribution in [1.82, 2.24) is 0 Å². The van der Waals surface area contributed by atoms with Gasteiger partial charge in [0.15, 0.2) is 5.78 Å². The number of carbonyl (C=O) groups is 1. The molecule has 0 fully saturated rings. The average molecular weight is 242 g/mol. The van der Waals surface area contributed by atoms with Crippen LogP contribution in [0.3, 0.4) is 0 Å². The van der Waals surface area contributed by atoms with Crippen LogP contribution >= 0.6 is 11.8 Å². The van der Waals surface area contributed by atoms with Gasteiger partial charge in [0.1, 0.15) is 0 Å². The van der Waals surface area contributed by atoms with Crippen LogP contribution in [-0.4, -0.2) is 11.5 Å². The van der Waals surface area contributed by atoms with E-state index >= 15 is 0 Å². The lowest BCUT2D eigenvalue weighted by Crippen LogP contribution is -2.03. The van der Waals surface area contributed by atoms with E-state index in [1.54, 1.807) is 17.8 Å². The van der Waals surface area contributed by atoms with Crippen molar-refractivity contribution in [2.24, 2.45) is 0 Å². The Morgan fingerprint density at radius 1 is 1.35 bits per heavy atom. The summed E-state index contributed by atoms with van der Waals surface area (Å²) in [5.41, 5.74) is 2.72. The van der Waals surface area contributed by atoms with Gasteiger partial charge in [-0.15, -0.1) is 11.8 Å². The molecule has 2 rings (SSSR count). The van der Waals surface area contributed by atoms with Crippen LogP contribution in [0.25, 0.3) is 0 Å². The predicted molar refractivity (Wildman–Crippen MR) is 73.5 cm³/mol. The van der Waals surface area contributed by atoms with Crippen LogP contribution in [-0.2, 0) is 0 Å². The molecular formula is C15H14OS. The number of hydrogen-bond acceptors (Lipinski definition) is 2. The van der Waals surface area contributed by atoms with Crippen LogP contribution in [0.15, 0.2) is 65.1 Å². The quantitative estimate of drug-likeness (QED) is 0.728. The standard InChI is InChI=1S/C15H14OS/c1-3-4-7-12-11(2)10-17-14-9-6-5-8-13(14)15(12)16/h3-9H,1,10H2,2H3/b7-4-. The molecule has 0 saturated heterocycles. The molecular weight excluding hydrogens is 228 g/mol. The van der Waals surface area contributed by atoms with Crippen molar-refractivity contribution in [3.05, 3.63) is 65.8 Å². The number of rotatable bonds is 2. The molecule has 0 amide bonds. The normalized spacial score (nSPS) is 15.9. The maximum absolute atomic E-state index is 12.4. The first-order valence-corrected chi connectivity index (χ1v) is 6.48. The topological polar surface area (TPSA) is 17.1 Å². The molecule has 0 unspecified atom stereocenters. The summed E-state index contributed by atoms with van der Waals surface area (Å²) in [6.45, 7) is 5.65. The van der Waals surface area contributed by atoms with Crippen LogP contribution in [0.2, 0.25) is 0 Å². The molecule has 0 aromatic heterocycles. The maximum atomic E-state index is 12.4. The van der Waals surface area contributed by atoms with Gasteiger partial charge in [-0.25, -0.2) is 0 Å². The van der Waals surface area contributed by atoms with Gasteiger partial charge in [0.25, 0.3) is 0 Å². The second-order valence-corrected chi connectivity index (χ2v) is 4.92. The van der Waals surface area contributed by atoms with Crippen molar-refractivity contribution in [1.29, 1.82) is 0 Å². The summed E-state index contributed by atoms with van der Waals surface area (Å²) in [5.74, 6) is 0.973. The lowest BCUT2D eigenvalue weighted by atomic mass is 9.99. The van der Waals surface area contributed by atoms with E-state index in [-0.39, 0.29) is 5.78 Å². The molecule has 1 aliphatic heterocycles. The Labute approximate surface area is 106 Å². The van der Waals surface area contributed by atoms with E-state index in [0.29, 0.717) is 0 Å². The number of carbonyl (C=O) groups excluding carboxylic acids is 1. The van der Waals surface area contributed by atoms with Gasteiger partial charge in [-0.3, -0.25) is 4.79 Å². The summed E-state index contributed by atoms with van der Waals surface area (Å²) in [7, 11) is 0. The van der Waals surface area contributed by atoms with Gasteiger partial charge in [0, 0.05) is 21.8 Å². The Morgan fingerprint density at radius 2 is 2.12 bits per heavy atom. The zero-order valence-corrected chi connectivity index (χ0v) is 10.6. The molecule has 0 spiro atoms. The highest BCUT2D eigenvalue weighted by Gasteiger charge is 2.19. The molecule has 86 valence electrons. The van der Waals surface area contributed by atoms with Crippen LogP contribution in [0, 0.1) is 0 Å². The molecule has 1 aromatic carbocycles. The van der Waals surface area contributed by atoms with Gasteiger partial charge in [0.05, 0.1) is 0 Å². The summed E-state index contributed by atoms with van der Waals surface area (Å²) in [6.07, 6.45) is 5.36.